The second-order valence-corrected chi connectivity index (χ2v) is 6.29. The van der Waals surface area contributed by atoms with Crippen LogP contribution in [0.2, 0.25) is 0 Å². The Kier molecular flexibility index (Phi) is 5.26. The van der Waals surface area contributed by atoms with Crippen molar-refractivity contribution >= 4 is 0 Å². The summed E-state index contributed by atoms with van der Waals surface area (Å²) < 4.78 is 6.07. The molecule has 1 heterocycles. The summed E-state index contributed by atoms with van der Waals surface area (Å²) in [5.74, 6) is 2.01. The van der Waals surface area contributed by atoms with Crippen LogP contribution in [0.1, 0.15) is 48.0 Å². The Morgan fingerprint density at radius 3 is 2.12 bits per heavy atom. The molecule has 1 saturated heterocycles. The van der Waals surface area contributed by atoms with Gasteiger partial charge in [-0.3, -0.25) is 0 Å². The van der Waals surface area contributed by atoms with Crippen LogP contribution >= 0.6 is 0 Å². The first-order chi connectivity index (χ1) is 7.41. The molecular weight excluding hydrogens is 198 g/mol. The van der Waals surface area contributed by atoms with E-state index in [1.807, 2.05) is 0 Å². The Morgan fingerprint density at radius 2 is 1.69 bits per heavy atom. The molecule has 0 amide bonds. The minimum Gasteiger partial charge on any atom is -0.375 e. The van der Waals surface area contributed by atoms with Crippen LogP contribution in [-0.2, 0) is 4.74 Å². The van der Waals surface area contributed by atoms with Crippen LogP contribution in [0.25, 0.3) is 0 Å². The van der Waals surface area contributed by atoms with E-state index in [1.165, 1.54) is 6.42 Å². The standard InChI is InChI=1S/C14H29NO/c1-9(2)7-13-14(11(5)6)15-12(8-16-13)10(3)4/h9-15H,7-8H2,1-6H3. The van der Waals surface area contributed by atoms with Gasteiger partial charge in [0.2, 0.25) is 0 Å². The highest BCUT2D eigenvalue weighted by atomic mass is 16.5. The summed E-state index contributed by atoms with van der Waals surface area (Å²) in [6.07, 6.45) is 1.57. The summed E-state index contributed by atoms with van der Waals surface area (Å²) in [4.78, 5) is 0. The normalized spacial score (nSPS) is 31.7. The van der Waals surface area contributed by atoms with Crippen molar-refractivity contribution in [2.45, 2.75) is 66.2 Å². The van der Waals surface area contributed by atoms with Crippen molar-refractivity contribution in [3.05, 3.63) is 0 Å². The molecule has 1 aliphatic heterocycles. The average Bonchev–Trinajstić information content (AvgIpc) is 2.16. The third-order valence-electron chi connectivity index (χ3n) is 3.52. The molecular formula is C14H29NO. The van der Waals surface area contributed by atoms with E-state index >= 15 is 0 Å². The maximum absolute atomic E-state index is 6.07. The van der Waals surface area contributed by atoms with Crippen LogP contribution in [0.15, 0.2) is 0 Å². The first kappa shape index (κ1) is 14.0. The predicted molar refractivity (Wildman–Crippen MR) is 69.6 cm³/mol. The van der Waals surface area contributed by atoms with Gasteiger partial charge in [-0.05, 0) is 24.2 Å². The molecule has 0 aromatic rings. The van der Waals surface area contributed by atoms with Gasteiger partial charge in [0.15, 0.2) is 0 Å². The molecule has 0 aromatic carbocycles. The molecule has 0 spiro atoms. The summed E-state index contributed by atoms with van der Waals surface area (Å²) in [7, 11) is 0. The summed E-state index contributed by atoms with van der Waals surface area (Å²) in [6.45, 7) is 14.5. The molecule has 1 fully saturated rings. The van der Waals surface area contributed by atoms with Crippen LogP contribution < -0.4 is 5.32 Å². The molecule has 2 heteroatoms. The fourth-order valence-corrected chi connectivity index (χ4v) is 2.42. The van der Waals surface area contributed by atoms with Gasteiger partial charge in [-0.2, -0.15) is 0 Å². The number of rotatable bonds is 4. The topological polar surface area (TPSA) is 21.3 Å². The van der Waals surface area contributed by atoms with Crippen LogP contribution in [0, 0.1) is 17.8 Å². The van der Waals surface area contributed by atoms with Crippen LogP contribution in [-0.4, -0.2) is 24.8 Å². The molecule has 16 heavy (non-hydrogen) atoms. The molecule has 0 bridgehead atoms. The second kappa shape index (κ2) is 6.02. The van der Waals surface area contributed by atoms with Gasteiger partial charge in [0.05, 0.1) is 12.7 Å². The molecule has 0 radical (unpaired) electrons. The maximum Gasteiger partial charge on any atom is 0.0733 e. The zero-order valence-electron chi connectivity index (χ0n) is 11.8. The van der Waals surface area contributed by atoms with Crippen molar-refractivity contribution in [2.75, 3.05) is 6.61 Å². The van der Waals surface area contributed by atoms with Gasteiger partial charge >= 0.3 is 0 Å². The minimum atomic E-state index is 0.398. The summed E-state index contributed by atoms with van der Waals surface area (Å²) >= 11 is 0. The number of hydrogen-bond donors (Lipinski definition) is 1. The van der Waals surface area contributed by atoms with Gasteiger partial charge < -0.3 is 10.1 Å². The summed E-state index contributed by atoms with van der Waals surface area (Å²) in [6, 6.07) is 1.04. The summed E-state index contributed by atoms with van der Waals surface area (Å²) in [5.41, 5.74) is 0. The van der Waals surface area contributed by atoms with E-state index in [1.54, 1.807) is 0 Å². The first-order valence-corrected chi connectivity index (χ1v) is 6.79. The maximum atomic E-state index is 6.07. The Labute approximate surface area is 101 Å². The smallest absolute Gasteiger partial charge is 0.0733 e. The lowest BCUT2D eigenvalue weighted by molar-refractivity contribution is -0.0570. The van der Waals surface area contributed by atoms with Crippen molar-refractivity contribution < 1.29 is 4.74 Å². The Hall–Kier alpha value is -0.0800. The number of ether oxygens (including phenoxy) is 1. The largest absolute Gasteiger partial charge is 0.375 e. The second-order valence-electron chi connectivity index (χ2n) is 6.29. The van der Waals surface area contributed by atoms with Crippen molar-refractivity contribution in [1.29, 1.82) is 0 Å². The monoisotopic (exact) mass is 227 g/mol. The molecule has 2 nitrogen and oxygen atoms in total. The zero-order valence-corrected chi connectivity index (χ0v) is 11.8. The highest BCUT2D eigenvalue weighted by Gasteiger charge is 2.33. The summed E-state index contributed by atoms with van der Waals surface area (Å²) in [5, 5.41) is 3.78. The zero-order chi connectivity index (χ0) is 12.3. The fourth-order valence-electron chi connectivity index (χ4n) is 2.42. The minimum absolute atomic E-state index is 0.398. The molecule has 96 valence electrons. The van der Waals surface area contributed by atoms with Crippen LogP contribution in [0.3, 0.4) is 0 Å². The van der Waals surface area contributed by atoms with Gasteiger partial charge in [-0.15, -0.1) is 0 Å². The lowest BCUT2D eigenvalue weighted by atomic mass is 9.89. The highest BCUT2D eigenvalue weighted by Crippen LogP contribution is 2.23. The molecule has 0 aromatic heterocycles. The van der Waals surface area contributed by atoms with Gasteiger partial charge in [0.25, 0.3) is 0 Å². The van der Waals surface area contributed by atoms with E-state index in [4.69, 9.17) is 4.74 Å². The molecule has 3 unspecified atom stereocenters. The highest BCUT2D eigenvalue weighted by molar-refractivity contribution is 4.89. The molecule has 1 N–H and O–H groups in total. The predicted octanol–water partition coefficient (Wildman–Crippen LogP) is 3.07. The quantitative estimate of drug-likeness (QED) is 0.797. The van der Waals surface area contributed by atoms with Gasteiger partial charge in [-0.25, -0.2) is 0 Å². The van der Waals surface area contributed by atoms with Crippen molar-refractivity contribution in [3.63, 3.8) is 0 Å². The fraction of sp³-hybridized carbons (Fsp3) is 1.00. The Morgan fingerprint density at radius 1 is 1.06 bits per heavy atom. The number of morpholine rings is 1. The van der Waals surface area contributed by atoms with Gasteiger partial charge in [0, 0.05) is 12.1 Å². The van der Waals surface area contributed by atoms with Crippen LogP contribution in [0.5, 0.6) is 0 Å². The Balaban J connectivity index is 2.60. The molecule has 0 saturated carbocycles. The number of hydrogen-bond acceptors (Lipinski definition) is 2. The van der Waals surface area contributed by atoms with E-state index in [-0.39, 0.29) is 0 Å². The lowest BCUT2D eigenvalue weighted by Crippen LogP contribution is -2.58. The SMILES string of the molecule is CC(C)CC1OCC(C(C)C)NC1C(C)C. The molecule has 1 rings (SSSR count). The van der Waals surface area contributed by atoms with Crippen LogP contribution in [0.4, 0.5) is 0 Å². The first-order valence-electron chi connectivity index (χ1n) is 6.79. The van der Waals surface area contributed by atoms with Crippen molar-refractivity contribution in [3.8, 4) is 0 Å². The average molecular weight is 227 g/mol. The number of nitrogens with one attached hydrogen (secondary N) is 1. The third kappa shape index (κ3) is 3.74. The van der Waals surface area contributed by atoms with Crippen molar-refractivity contribution in [1.82, 2.24) is 5.32 Å². The van der Waals surface area contributed by atoms with E-state index < -0.39 is 0 Å². The van der Waals surface area contributed by atoms with E-state index in [0.717, 1.165) is 6.61 Å². The molecule has 3 atom stereocenters. The van der Waals surface area contributed by atoms with E-state index in [9.17, 15) is 0 Å². The molecule has 0 aliphatic carbocycles. The van der Waals surface area contributed by atoms with Gasteiger partial charge in [0.1, 0.15) is 0 Å². The lowest BCUT2D eigenvalue weighted by Gasteiger charge is -2.42. The third-order valence-corrected chi connectivity index (χ3v) is 3.52. The Bertz CT molecular complexity index is 201. The van der Waals surface area contributed by atoms with Crippen molar-refractivity contribution in [2.24, 2.45) is 17.8 Å². The van der Waals surface area contributed by atoms with Gasteiger partial charge in [-0.1, -0.05) is 41.5 Å². The van der Waals surface area contributed by atoms with E-state index in [2.05, 4.69) is 46.9 Å². The molecule has 1 aliphatic rings. The van der Waals surface area contributed by atoms with E-state index in [0.29, 0.717) is 35.9 Å².